The van der Waals surface area contributed by atoms with Crippen molar-refractivity contribution in [2.45, 2.75) is 58.8 Å². The van der Waals surface area contributed by atoms with Crippen molar-refractivity contribution in [3.8, 4) is 0 Å². The number of rotatable bonds is 9. The third-order valence-electron chi connectivity index (χ3n) is 2.59. The predicted molar refractivity (Wildman–Crippen MR) is 73.6 cm³/mol. The van der Waals surface area contributed by atoms with E-state index in [0.717, 1.165) is 25.7 Å². The zero-order chi connectivity index (χ0) is 14.2. The molecule has 3 N–H and O–H groups in total. The Morgan fingerprint density at radius 1 is 0.889 bits per heavy atom. The largest absolute Gasteiger partial charge is 0.478 e. The van der Waals surface area contributed by atoms with Gasteiger partial charge in [0.05, 0.1) is 0 Å². The first-order valence-corrected chi connectivity index (χ1v) is 6.68. The van der Waals surface area contributed by atoms with Crippen LogP contribution in [-0.4, -0.2) is 34.5 Å². The fourth-order valence-corrected chi connectivity index (χ4v) is 1.23. The molecule has 0 aliphatic heterocycles. The summed E-state index contributed by atoms with van der Waals surface area (Å²) in [4.78, 5) is 9.86. The van der Waals surface area contributed by atoms with Crippen molar-refractivity contribution >= 4 is 5.97 Å². The van der Waals surface area contributed by atoms with Crippen molar-refractivity contribution in [3.63, 3.8) is 0 Å². The Bertz CT molecular complexity index is 204. The summed E-state index contributed by atoms with van der Waals surface area (Å²) in [6.45, 7) is 3.92. The van der Waals surface area contributed by atoms with Gasteiger partial charge in [0.1, 0.15) is 0 Å². The highest BCUT2D eigenvalue weighted by Crippen LogP contribution is 2.06. The Hall–Kier alpha value is -0.870. The quantitative estimate of drug-likeness (QED) is 0.440. The summed E-state index contributed by atoms with van der Waals surface area (Å²) in [5, 5.41) is 25.1. The Morgan fingerprint density at radius 2 is 1.22 bits per heavy atom. The topological polar surface area (TPSA) is 77.8 Å². The van der Waals surface area contributed by atoms with Gasteiger partial charge in [-0.15, -0.1) is 0 Å². The number of hydrogen-bond donors (Lipinski definition) is 3. The first-order chi connectivity index (χ1) is 8.59. The van der Waals surface area contributed by atoms with Gasteiger partial charge in [-0.2, -0.15) is 0 Å². The van der Waals surface area contributed by atoms with Crippen molar-refractivity contribution in [1.29, 1.82) is 0 Å². The maximum Gasteiger partial charge on any atom is 0.330 e. The number of hydrogen-bond acceptors (Lipinski definition) is 3. The van der Waals surface area contributed by atoms with E-state index in [4.69, 9.17) is 15.3 Å². The van der Waals surface area contributed by atoms with Gasteiger partial charge in [-0.05, 0) is 26.7 Å². The number of allylic oxidation sites excluding steroid dienone is 1. The summed E-state index contributed by atoms with van der Waals surface area (Å²) in [7, 11) is 0. The number of aliphatic hydroxyl groups is 2. The van der Waals surface area contributed by atoms with Crippen LogP contribution in [0.5, 0.6) is 0 Å². The van der Waals surface area contributed by atoms with Crippen LogP contribution in [0.3, 0.4) is 0 Å². The molecule has 4 heteroatoms. The number of aliphatic carboxylic acids is 1. The van der Waals surface area contributed by atoms with E-state index in [-0.39, 0.29) is 0 Å². The molecule has 0 aromatic heterocycles. The molecule has 0 aromatic carbocycles. The average Bonchev–Trinajstić information content (AvgIpc) is 2.37. The third kappa shape index (κ3) is 17.5. The predicted octanol–water partition coefficient (Wildman–Crippen LogP) is 2.74. The smallest absolute Gasteiger partial charge is 0.330 e. The highest BCUT2D eigenvalue weighted by atomic mass is 16.4. The molecule has 0 spiro atoms. The van der Waals surface area contributed by atoms with Gasteiger partial charge < -0.3 is 15.3 Å². The highest BCUT2D eigenvalue weighted by Gasteiger charge is 1.93. The number of carboxylic acids is 1. The Labute approximate surface area is 110 Å². The third-order valence-corrected chi connectivity index (χ3v) is 2.59. The van der Waals surface area contributed by atoms with Crippen LogP contribution in [0, 0.1) is 0 Å². The van der Waals surface area contributed by atoms with Crippen molar-refractivity contribution in [2.24, 2.45) is 0 Å². The van der Waals surface area contributed by atoms with Crippen LogP contribution in [0.2, 0.25) is 0 Å². The van der Waals surface area contributed by atoms with E-state index in [2.05, 4.69) is 0 Å². The number of aliphatic hydroxyl groups excluding tert-OH is 2. The van der Waals surface area contributed by atoms with Gasteiger partial charge in [-0.3, -0.25) is 0 Å². The zero-order valence-corrected chi connectivity index (χ0v) is 11.7. The van der Waals surface area contributed by atoms with Gasteiger partial charge in [0.25, 0.3) is 0 Å². The molecule has 0 saturated carbocycles. The average molecular weight is 260 g/mol. The van der Waals surface area contributed by atoms with Crippen molar-refractivity contribution in [3.05, 3.63) is 11.6 Å². The van der Waals surface area contributed by atoms with Crippen LogP contribution >= 0.6 is 0 Å². The molecule has 0 rings (SSSR count). The molecule has 0 amide bonds. The first kappa shape index (κ1) is 19.5. The van der Waals surface area contributed by atoms with Crippen LogP contribution in [0.4, 0.5) is 0 Å². The molecule has 108 valence electrons. The first-order valence-electron chi connectivity index (χ1n) is 6.68. The van der Waals surface area contributed by atoms with Crippen LogP contribution in [0.1, 0.15) is 58.8 Å². The summed E-state index contributed by atoms with van der Waals surface area (Å²) in [6.07, 6.45) is 9.45. The Balaban J connectivity index is 0. The summed E-state index contributed by atoms with van der Waals surface area (Å²) >= 11 is 0. The minimum Gasteiger partial charge on any atom is -0.478 e. The molecule has 0 aromatic rings. The fourth-order valence-electron chi connectivity index (χ4n) is 1.23. The van der Waals surface area contributed by atoms with E-state index in [1.807, 2.05) is 0 Å². The lowest BCUT2D eigenvalue weighted by Gasteiger charge is -1.98. The minimum absolute atomic E-state index is 0.330. The van der Waals surface area contributed by atoms with E-state index < -0.39 is 5.97 Å². The van der Waals surface area contributed by atoms with Crippen molar-refractivity contribution < 1.29 is 20.1 Å². The second-order valence-electron chi connectivity index (χ2n) is 4.20. The number of carbonyl (C=O) groups is 1. The van der Waals surface area contributed by atoms with E-state index in [0.29, 0.717) is 18.8 Å². The van der Waals surface area contributed by atoms with Gasteiger partial charge in [-0.1, -0.05) is 38.2 Å². The Morgan fingerprint density at radius 3 is 1.39 bits per heavy atom. The van der Waals surface area contributed by atoms with Crippen molar-refractivity contribution in [1.82, 2.24) is 0 Å². The molecule has 0 aliphatic carbocycles. The fraction of sp³-hybridized carbons (Fsp3) is 0.786. The monoisotopic (exact) mass is 260 g/mol. The molecule has 0 atom stereocenters. The second kappa shape index (κ2) is 16.1. The Kier molecular flexibility index (Phi) is 17.4. The van der Waals surface area contributed by atoms with E-state index in [9.17, 15) is 4.79 Å². The molecule has 0 saturated heterocycles. The van der Waals surface area contributed by atoms with Crippen LogP contribution < -0.4 is 0 Å². The van der Waals surface area contributed by atoms with Gasteiger partial charge in [0.15, 0.2) is 0 Å². The van der Waals surface area contributed by atoms with Crippen LogP contribution in [-0.2, 0) is 4.79 Å². The molecule has 0 unspecified atom stereocenters. The number of unbranched alkanes of at least 4 members (excludes halogenated alkanes) is 6. The second-order valence-corrected chi connectivity index (χ2v) is 4.20. The molecule has 0 radical (unpaired) electrons. The molecule has 4 nitrogen and oxygen atoms in total. The number of carboxylic acid groups (broad SMARTS) is 1. The van der Waals surface area contributed by atoms with Gasteiger partial charge in [0.2, 0.25) is 0 Å². The highest BCUT2D eigenvalue weighted by molar-refractivity contribution is 5.85. The lowest BCUT2D eigenvalue weighted by molar-refractivity contribution is -0.132. The summed E-state index contributed by atoms with van der Waals surface area (Å²) in [5.41, 5.74) is 0.389. The van der Waals surface area contributed by atoms with Crippen LogP contribution in [0.25, 0.3) is 0 Å². The minimum atomic E-state index is -0.845. The van der Waals surface area contributed by atoms with E-state index in [1.165, 1.54) is 19.3 Å². The molecule has 0 heterocycles. The standard InChI is InChI=1S/C9H20O2.C5H8O2/c10-8-6-4-2-1-3-5-7-9-11;1-3-4(2)5(6)7/h10-11H,1-9H2;3H,1-2H3,(H,6,7). The summed E-state index contributed by atoms with van der Waals surface area (Å²) < 4.78 is 0. The summed E-state index contributed by atoms with van der Waals surface area (Å²) in [5.74, 6) is -0.845. The lowest BCUT2D eigenvalue weighted by atomic mass is 10.1. The summed E-state index contributed by atoms with van der Waals surface area (Å²) in [6, 6.07) is 0. The maximum atomic E-state index is 9.86. The zero-order valence-electron chi connectivity index (χ0n) is 11.7. The van der Waals surface area contributed by atoms with Crippen LogP contribution in [0.15, 0.2) is 11.6 Å². The molecule has 0 aliphatic rings. The molecule has 0 fully saturated rings. The normalized spacial score (nSPS) is 10.8. The van der Waals surface area contributed by atoms with E-state index in [1.54, 1.807) is 19.9 Å². The van der Waals surface area contributed by atoms with Crippen molar-refractivity contribution in [2.75, 3.05) is 13.2 Å². The SMILES string of the molecule is CC=C(C)C(=O)O.OCCCCCCCCCO. The van der Waals surface area contributed by atoms with Gasteiger partial charge in [-0.25, -0.2) is 4.79 Å². The molecular weight excluding hydrogens is 232 g/mol. The maximum absolute atomic E-state index is 9.86. The van der Waals surface area contributed by atoms with Gasteiger partial charge >= 0.3 is 5.97 Å². The molecular formula is C14H28O4. The lowest BCUT2D eigenvalue weighted by Crippen LogP contribution is -1.93. The van der Waals surface area contributed by atoms with Gasteiger partial charge in [0, 0.05) is 18.8 Å². The van der Waals surface area contributed by atoms with E-state index >= 15 is 0 Å². The molecule has 18 heavy (non-hydrogen) atoms. The molecule has 0 bridgehead atoms.